The molecule has 2 rings (SSSR count). The largest absolute Gasteiger partial charge is 0.463 e. The summed E-state index contributed by atoms with van der Waals surface area (Å²) in [5.41, 5.74) is -0.539. The Kier molecular flexibility index (Phi) is 10.6. The average Bonchev–Trinajstić information content (AvgIpc) is 2.97. The predicted molar refractivity (Wildman–Crippen MR) is 121 cm³/mol. The summed E-state index contributed by atoms with van der Waals surface area (Å²) in [6.07, 6.45) is 17.4. The highest BCUT2D eigenvalue weighted by Crippen LogP contribution is 2.49. The number of fused-ring (bicyclic) bond motifs is 1. The Bertz CT molecular complexity index is 567. The van der Waals surface area contributed by atoms with Crippen molar-refractivity contribution in [3.8, 4) is 0 Å². The van der Waals surface area contributed by atoms with Crippen LogP contribution >= 0.6 is 0 Å². The molecule has 2 aliphatic rings. The third-order valence-corrected chi connectivity index (χ3v) is 7.01. The topological polar surface area (TPSA) is 63.6 Å². The molecule has 2 fully saturated rings. The first-order valence-electron chi connectivity index (χ1n) is 12.4. The maximum Gasteiger partial charge on any atom is 0.306 e. The van der Waals surface area contributed by atoms with E-state index in [1.165, 1.54) is 25.7 Å². The Morgan fingerprint density at radius 2 is 1.97 bits per heavy atom. The SMILES string of the molecule is CCCCCCCC1(O)CCC2C(CC(=O)C2C/C=C/CCCC(=O)OC(C)C)C1. The van der Waals surface area contributed by atoms with E-state index in [0.717, 1.165) is 51.4 Å². The number of ether oxygens (including phenoxy) is 1. The van der Waals surface area contributed by atoms with E-state index in [2.05, 4.69) is 19.1 Å². The third kappa shape index (κ3) is 8.17. The summed E-state index contributed by atoms with van der Waals surface area (Å²) in [5, 5.41) is 11.1. The lowest BCUT2D eigenvalue weighted by Crippen LogP contribution is -2.38. The van der Waals surface area contributed by atoms with Crippen LogP contribution in [-0.2, 0) is 14.3 Å². The van der Waals surface area contributed by atoms with Gasteiger partial charge in [0, 0.05) is 18.8 Å². The fraction of sp³-hybridized carbons (Fsp3) is 0.846. The predicted octanol–water partition coefficient (Wildman–Crippen LogP) is 6.15. The molecule has 0 aromatic carbocycles. The zero-order chi connectivity index (χ0) is 22.0. The molecule has 30 heavy (non-hydrogen) atoms. The smallest absolute Gasteiger partial charge is 0.306 e. The van der Waals surface area contributed by atoms with Crippen LogP contribution in [0.25, 0.3) is 0 Å². The molecule has 0 aliphatic heterocycles. The normalized spacial score (nSPS) is 29.0. The molecule has 0 amide bonds. The van der Waals surface area contributed by atoms with Gasteiger partial charge in [-0.15, -0.1) is 0 Å². The molecule has 4 unspecified atom stereocenters. The Hall–Kier alpha value is -1.16. The van der Waals surface area contributed by atoms with Crippen LogP contribution in [0.15, 0.2) is 12.2 Å². The van der Waals surface area contributed by atoms with Crippen LogP contribution in [0, 0.1) is 17.8 Å². The monoisotopic (exact) mass is 420 g/mol. The molecule has 4 atom stereocenters. The fourth-order valence-electron chi connectivity index (χ4n) is 5.45. The number of aliphatic hydroxyl groups is 1. The highest BCUT2D eigenvalue weighted by molar-refractivity contribution is 5.84. The van der Waals surface area contributed by atoms with Gasteiger partial charge in [-0.3, -0.25) is 9.59 Å². The number of esters is 1. The van der Waals surface area contributed by atoms with E-state index in [0.29, 0.717) is 30.5 Å². The van der Waals surface area contributed by atoms with Gasteiger partial charge in [-0.1, -0.05) is 51.2 Å². The second kappa shape index (κ2) is 12.6. The first-order chi connectivity index (χ1) is 14.3. The minimum atomic E-state index is -0.539. The minimum Gasteiger partial charge on any atom is -0.463 e. The average molecular weight is 421 g/mol. The molecule has 0 spiro atoms. The molecule has 0 aromatic heterocycles. The molecule has 172 valence electrons. The molecule has 4 nitrogen and oxygen atoms in total. The number of hydrogen-bond donors (Lipinski definition) is 1. The molecule has 0 saturated heterocycles. The summed E-state index contributed by atoms with van der Waals surface area (Å²) >= 11 is 0. The van der Waals surface area contributed by atoms with Gasteiger partial charge in [0.25, 0.3) is 0 Å². The minimum absolute atomic E-state index is 0.0522. The van der Waals surface area contributed by atoms with E-state index < -0.39 is 5.60 Å². The number of unbranched alkanes of at least 4 members (excludes halogenated alkanes) is 5. The lowest BCUT2D eigenvalue weighted by molar-refractivity contribution is -0.147. The molecule has 0 bridgehead atoms. The summed E-state index contributed by atoms with van der Waals surface area (Å²) in [6.45, 7) is 5.95. The standard InChI is InChI=1S/C26H44O4/c1-4-5-6-9-12-16-26(29)17-15-22-21(19-26)18-24(27)23(22)13-10-7-8-11-14-25(28)30-20(2)3/h7,10,20-23,29H,4-6,8-9,11-19H2,1-3H3/b10-7+. The second-order valence-corrected chi connectivity index (χ2v) is 9.97. The number of Topliss-reactive ketones (excluding diaryl/α,β-unsaturated/α-hetero) is 1. The van der Waals surface area contributed by atoms with Crippen molar-refractivity contribution in [2.45, 2.75) is 122 Å². The fourth-order valence-corrected chi connectivity index (χ4v) is 5.45. The summed E-state index contributed by atoms with van der Waals surface area (Å²) in [6, 6.07) is 0. The van der Waals surface area contributed by atoms with E-state index in [1.54, 1.807) is 0 Å². The van der Waals surface area contributed by atoms with Crippen molar-refractivity contribution in [1.82, 2.24) is 0 Å². The van der Waals surface area contributed by atoms with Gasteiger partial charge in [-0.05, 0) is 70.6 Å². The Morgan fingerprint density at radius 1 is 1.20 bits per heavy atom. The molecule has 0 heterocycles. The van der Waals surface area contributed by atoms with E-state index >= 15 is 0 Å². The van der Waals surface area contributed by atoms with Crippen LogP contribution in [0.1, 0.15) is 111 Å². The van der Waals surface area contributed by atoms with E-state index in [4.69, 9.17) is 4.74 Å². The van der Waals surface area contributed by atoms with Crippen LogP contribution in [0.3, 0.4) is 0 Å². The maximum atomic E-state index is 12.6. The van der Waals surface area contributed by atoms with Gasteiger partial charge in [0.1, 0.15) is 5.78 Å². The van der Waals surface area contributed by atoms with Crippen LogP contribution in [0.2, 0.25) is 0 Å². The number of rotatable bonds is 13. The molecule has 4 heteroatoms. The van der Waals surface area contributed by atoms with Gasteiger partial charge in [0.15, 0.2) is 0 Å². The first-order valence-corrected chi connectivity index (χ1v) is 12.4. The zero-order valence-corrected chi connectivity index (χ0v) is 19.5. The summed E-state index contributed by atoms with van der Waals surface area (Å²) in [7, 11) is 0. The highest BCUT2D eigenvalue weighted by atomic mass is 16.5. The third-order valence-electron chi connectivity index (χ3n) is 7.01. The number of ketones is 1. The molecular formula is C26H44O4. The highest BCUT2D eigenvalue weighted by Gasteiger charge is 2.48. The summed E-state index contributed by atoms with van der Waals surface area (Å²) in [4.78, 5) is 24.2. The van der Waals surface area contributed by atoms with Crippen LogP contribution in [-0.4, -0.2) is 28.6 Å². The molecule has 0 aromatic rings. The van der Waals surface area contributed by atoms with Crippen molar-refractivity contribution in [1.29, 1.82) is 0 Å². The zero-order valence-electron chi connectivity index (χ0n) is 19.5. The number of carbonyl (C=O) groups is 2. The van der Waals surface area contributed by atoms with Crippen molar-refractivity contribution in [3.63, 3.8) is 0 Å². The van der Waals surface area contributed by atoms with E-state index in [-0.39, 0.29) is 18.0 Å². The van der Waals surface area contributed by atoms with Crippen molar-refractivity contribution in [2.75, 3.05) is 0 Å². The van der Waals surface area contributed by atoms with Crippen molar-refractivity contribution in [2.24, 2.45) is 17.8 Å². The molecule has 1 N–H and O–H groups in total. The lowest BCUT2D eigenvalue weighted by atomic mass is 9.69. The molecular weight excluding hydrogens is 376 g/mol. The van der Waals surface area contributed by atoms with Crippen molar-refractivity contribution >= 4 is 11.8 Å². The van der Waals surface area contributed by atoms with Gasteiger partial charge in [0.05, 0.1) is 11.7 Å². The first kappa shape index (κ1) is 25.1. The Balaban J connectivity index is 1.70. The Morgan fingerprint density at radius 3 is 2.70 bits per heavy atom. The van der Waals surface area contributed by atoms with E-state index in [1.807, 2.05) is 13.8 Å². The number of carbonyl (C=O) groups excluding carboxylic acids is 2. The number of allylic oxidation sites excluding steroid dienone is 2. The van der Waals surface area contributed by atoms with Gasteiger partial charge in [-0.2, -0.15) is 0 Å². The lowest BCUT2D eigenvalue weighted by Gasteiger charge is -2.40. The van der Waals surface area contributed by atoms with Gasteiger partial charge >= 0.3 is 5.97 Å². The van der Waals surface area contributed by atoms with Crippen LogP contribution < -0.4 is 0 Å². The number of hydrogen-bond acceptors (Lipinski definition) is 4. The van der Waals surface area contributed by atoms with Gasteiger partial charge < -0.3 is 9.84 Å². The van der Waals surface area contributed by atoms with Crippen molar-refractivity contribution < 1.29 is 19.4 Å². The van der Waals surface area contributed by atoms with Gasteiger partial charge in [-0.25, -0.2) is 0 Å². The molecule has 2 aliphatic carbocycles. The quantitative estimate of drug-likeness (QED) is 0.220. The van der Waals surface area contributed by atoms with Crippen LogP contribution in [0.5, 0.6) is 0 Å². The maximum absolute atomic E-state index is 12.6. The second-order valence-electron chi connectivity index (χ2n) is 9.97. The Labute approximate surface area is 183 Å². The van der Waals surface area contributed by atoms with Gasteiger partial charge in [0.2, 0.25) is 0 Å². The summed E-state index contributed by atoms with van der Waals surface area (Å²) < 4.78 is 5.14. The van der Waals surface area contributed by atoms with Crippen LogP contribution in [0.4, 0.5) is 0 Å². The summed E-state index contributed by atoms with van der Waals surface area (Å²) in [5.74, 6) is 1.21. The molecule has 0 radical (unpaired) electrons. The van der Waals surface area contributed by atoms with Crippen molar-refractivity contribution in [3.05, 3.63) is 12.2 Å². The van der Waals surface area contributed by atoms with E-state index in [9.17, 15) is 14.7 Å². The molecule has 2 saturated carbocycles.